The zero-order valence-electron chi connectivity index (χ0n) is 9.92. The molecule has 0 aromatic heterocycles. The van der Waals surface area contributed by atoms with Crippen LogP contribution in [0.3, 0.4) is 0 Å². The van der Waals surface area contributed by atoms with Crippen LogP contribution in [-0.2, 0) is 9.53 Å². The number of aliphatic hydroxyl groups is 1. The lowest BCUT2D eigenvalue weighted by Crippen LogP contribution is -2.41. The van der Waals surface area contributed by atoms with Crippen LogP contribution in [0.2, 0.25) is 0 Å². The van der Waals surface area contributed by atoms with Crippen LogP contribution in [0.15, 0.2) is 0 Å². The van der Waals surface area contributed by atoms with Crippen molar-refractivity contribution >= 4 is 5.91 Å². The van der Waals surface area contributed by atoms with Gasteiger partial charge in [0.25, 0.3) is 0 Å². The third kappa shape index (κ3) is 4.95. The summed E-state index contributed by atoms with van der Waals surface area (Å²) in [5.74, 6) is -3.78. The first-order valence-corrected chi connectivity index (χ1v) is 5.77. The molecule has 0 bridgehead atoms. The molecule has 0 heterocycles. The van der Waals surface area contributed by atoms with Crippen LogP contribution in [0.5, 0.6) is 0 Å². The van der Waals surface area contributed by atoms with Gasteiger partial charge in [0.15, 0.2) is 0 Å². The van der Waals surface area contributed by atoms with Gasteiger partial charge in [-0.2, -0.15) is 0 Å². The SMILES string of the molecule is COCC(O)CNC(=O)C1CCCC(F)(F)C1. The highest BCUT2D eigenvalue weighted by atomic mass is 19.3. The predicted molar refractivity (Wildman–Crippen MR) is 57.8 cm³/mol. The Morgan fingerprint density at radius 2 is 2.35 bits per heavy atom. The Morgan fingerprint density at radius 1 is 1.65 bits per heavy atom. The molecule has 0 aromatic rings. The molecule has 1 amide bonds. The van der Waals surface area contributed by atoms with Crippen molar-refractivity contribution < 1.29 is 23.4 Å². The molecule has 1 fully saturated rings. The van der Waals surface area contributed by atoms with Gasteiger partial charge in [-0.3, -0.25) is 4.79 Å². The molecule has 0 spiro atoms. The Kier molecular flexibility index (Phi) is 5.27. The van der Waals surface area contributed by atoms with E-state index < -0.39 is 23.9 Å². The van der Waals surface area contributed by atoms with E-state index in [9.17, 15) is 18.7 Å². The minimum Gasteiger partial charge on any atom is -0.389 e. The first-order chi connectivity index (χ1) is 7.94. The van der Waals surface area contributed by atoms with Crippen molar-refractivity contribution in [3.8, 4) is 0 Å². The number of alkyl halides is 2. The smallest absolute Gasteiger partial charge is 0.248 e. The number of amides is 1. The molecular weight excluding hydrogens is 232 g/mol. The first kappa shape index (κ1) is 14.3. The lowest BCUT2D eigenvalue weighted by molar-refractivity contribution is -0.132. The highest BCUT2D eigenvalue weighted by Gasteiger charge is 2.39. The summed E-state index contributed by atoms with van der Waals surface area (Å²) in [5, 5.41) is 11.8. The highest BCUT2D eigenvalue weighted by molar-refractivity contribution is 5.78. The molecule has 0 radical (unpaired) electrons. The summed E-state index contributed by atoms with van der Waals surface area (Å²) in [6, 6.07) is 0. The lowest BCUT2D eigenvalue weighted by atomic mass is 9.86. The van der Waals surface area contributed by atoms with E-state index in [1.807, 2.05) is 0 Å². The van der Waals surface area contributed by atoms with Crippen molar-refractivity contribution in [3.63, 3.8) is 0 Å². The number of nitrogens with one attached hydrogen (secondary N) is 1. The van der Waals surface area contributed by atoms with Crippen LogP contribution in [0.25, 0.3) is 0 Å². The van der Waals surface area contributed by atoms with Crippen molar-refractivity contribution in [2.75, 3.05) is 20.3 Å². The second-order valence-electron chi connectivity index (χ2n) is 4.50. The number of ether oxygens (including phenoxy) is 1. The van der Waals surface area contributed by atoms with E-state index >= 15 is 0 Å². The largest absolute Gasteiger partial charge is 0.389 e. The van der Waals surface area contributed by atoms with Gasteiger partial charge in [-0.15, -0.1) is 0 Å². The van der Waals surface area contributed by atoms with Crippen molar-refractivity contribution in [1.82, 2.24) is 5.32 Å². The monoisotopic (exact) mass is 251 g/mol. The molecule has 100 valence electrons. The standard InChI is InChI=1S/C11H19F2NO3/c1-17-7-9(15)6-14-10(16)8-3-2-4-11(12,13)5-8/h8-9,15H,2-7H2,1H3,(H,14,16). The van der Waals surface area contributed by atoms with Crippen LogP contribution in [-0.4, -0.2) is 43.3 Å². The Bertz CT molecular complexity index is 261. The van der Waals surface area contributed by atoms with E-state index in [1.165, 1.54) is 7.11 Å². The van der Waals surface area contributed by atoms with Gasteiger partial charge in [0.1, 0.15) is 0 Å². The Labute approximate surface area is 99.3 Å². The quantitative estimate of drug-likeness (QED) is 0.764. The third-order valence-corrected chi connectivity index (χ3v) is 2.88. The third-order valence-electron chi connectivity index (χ3n) is 2.88. The second kappa shape index (κ2) is 6.26. The topological polar surface area (TPSA) is 58.6 Å². The van der Waals surface area contributed by atoms with Gasteiger partial charge < -0.3 is 15.2 Å². The summed E-state index contributed by atoms with van der Waals surface area (Å²) in [6.07, 6.45) is -0.469. The zero-order chi connectivity index (χ0) is 12.9. The Morgan fingerprint density at radius 3 is 2.94 bits per heavy atom. The van der Waals surface area contributed by atoms with Gasteiger partial charge in [-0.05, 0) is 12.8 Å². The molecule has 1 rings (SSSR count). The maximum Gasteiger partial charge on any atom is 0.248 e. The van der Waals surface area contributed by atoms with Gasteiger partial charge in [-0.1, -0.05) is 0 Å². The summed E-state index contributed by atoms with van der Waals surface area (Å²) in [5.41, 5.74) is 0. The summed E-state index contributed by atoms with van der Waals surface area (Å²) in [7, 11) is 1.44. The Balaban J connectivity index is 2.32. The fourth-order valence-electron chi connectivity index (χ4n) is 2.01. The van der Waals surface area contributed by atoms with E-state index in [0.717, 1.165) is 0 Å². The summed E-state index contributed by atoms with van der Waals surface area (Å²) >= 11 is 0. The number of carbonyl (C=O) groups is 1. The van der Waals surface area contributed by atoms with Crippen LogP contribution in [0, 0.1) is 5.92 Å². The number of hydrogen-bond donors (Lipinski definition) is 2. The van der Waals surface area contributed by atoms with Crippen LogP contribution >= 0.6 is 0 Å². The van der Waals surface area contributed by atoms with Gasteiger partial charge >= 0.3 is 0 Å². The Hall–Kier alpha value is -0.750. The number of hydrogen-bond acceptors (Lipinski definition) is 3. The lowest BCUT2D eigenvalue weighted by Gasteiger charge is -2.28. The molecule has 4 nitrogen and oxygen atoms in total. The van der Waals surface area contributed by atoms with Crippen molar-refractivity contribution in [1.29, 1.82) is 0 Å². The van der Waals surface area contributed by atoms with E-state index in [0.29, 0.717) is 12.8 Å². The first-order valence-electron chi connectivity index (χ1n) is 5.77. The number of halogens is 2. The summed E-state index contributed by atoms with van der Waals surface area (Å²) in [6.45, 7) is 0.149. The number of rotatable bonds is 5. The molecule has 0 aromatic carbocycles. The molecule has 1 aliphatic carbocycles. The fraction of sp³-hybridized carbons (Fsp3) is 0.909. The van der Waals surface area contributed by atoms with Crippen LogP contribution in [0.4, 0.5) is 8.78 Å². The van der Waals surface area contributed by atoms with Crippen molar-refractivity contribution in [3.05, 3.63) is 0 Å². The molecular formula is C11H19F2NO3. The summed E-state index contributed by atoms with van der Waals surface area (Å²) < 4.78 is 30.9. The molecule has 2 N–H and O–H groups in total. The van der Waals surface area contributed by atoms with Gasteiger partial charge in [-0.25, -0.2) is 8.78 Å². The van der Waals surface area contributed by atoms with Gasteiger partial charge in [0, 0.05) is 32.4 Å². The molecule has 0 aliphatic heterocycles. The van der Waals surface area contributed by atoms with E-state index in [2.05, 4.69) is 5.32 Å². The van der Waals surface area contributed by atoms with E-state index in [4.69, 9.17) is 4.74 Å². The minimum absolute atomic E-state index is 0.0365. The molecule has 17 heavy (non-hydrogen) atoms. The number of methoxy groups -OCH3 is 1. The molecule has 6 heteroatoms. The van der Waals surface area contributed by atoms with Crippen molar-refractivity contribution in [2.45, 2.75) is 37.7 Å². The number of carbonyl (C=O) groups excluding carboxylic acids is 1. The molecule has 2 unspecified atom stereocenters. The van der Waals surface area contributed by atoms with Gasteiger partial charge in [0.2, 0.25) is 11.8 Å². The fourth-order valence-corrected chi connectivity index (χ4v) is 2.01. The summed E-state index contributed by atoms with van der Waals surface area (Å²) in [4.78, 5) is 11.6. The molecule has 2 atom stereocenters. The van der Waals surface area contributed by atoms with E-state index in [-0.39, 0.29) is 26.0 Å². The maximum atomic E-state index is 13.1. The second-order valence-corrected chi connectivity index (χ2v) is 4.50. The van der Waals surface area contributed by atoms with Crippen LogP contribution in [0.1, 0.15) is 25.7 Å². The molecule has 1 saturated carbocycles. The normalized spacial score (nSPS) is 25.3. The van der Waals surface area contributed by atoms with Crippen molar-refractivity contribution in [2.24, 2.45) is 5.92 Å². The molecule has 0 saturated heterocycles. The maximum absolute atomic E-state index is 13.1. The van der Waals surface area contributed by atoms with E-state index in [1.54, 1.807) is 0 Å². The average molecular weight is 251 g/mol. The highest BCUT2D eigenvalue weighted by Crippen LogP contribution is 2.36. The average Bonchev–Trinajstić information content (AvgIpc) is 2.25. The number of aliphatic hydroxyl groups excluding tert-OH is 1. The van der Waals surface area contributed by atoms with Crippen LogP contribution < -0.4 is 5.32 Å². The molecule has 1 aliphatic rings. The van der Waals surface area contributed by atoms with Gasteiger partial charge in [0.05, 0.1) is 12.7 Å². The predicted octanol–water partition coefficient (Wildman–Crippen LogP) is 0.935. The zero-order valence-corrected chi connectivity index (χ0v) is 9.92. The minimum atomic E-state index is -2.73.